The van der Waals surface area contributed by atoms with Crippen LogP contribution < -0.4 is 4.72 Å². The molecule has 8 heteroatoms. The highest BCUT2D eigenvalue weighted by atomic mass is 32.2. The van der Waals surface area contributed by atoms with Gasteiger partial charge in [-0.1, -0.05) is 6.07 Å². The lowest BCUT2D eigenvalue weighted by atomic mass is 10.5. The topological polar surface area (TPSA) is 85.4 Å². The Labute approximate surface area is 97.9 Å². The van der Waals surface area contributed by atoms with E-state index in [9.17, 15) is 17.6 Å². The first-order chi connectivity index (χ1) is 7.93. The predicted molar refractivity (Wildman–Crippen MR) is 58.2 cm³/mol. The second-order valence-corrected chi connectivity index (χ2v) is 4.93. The number of hydrogen-bond donors (Lipinski definition) is 1. The molecule has 17 heavy (non-hydrogen) atoms. The zero-order chi connectivity index (χ0) is 12.9. The number of anilines is 1. The molecule has 1 aromatic heterocycles. The van der Waals surface area contributed by atoms with Crippen molar-refractivity contribution in [3.05, 3.63) is 24.1 Å². The zero-order valence-electron chi connectivity index (χ0n) is 9.01. The normalized spacial score (nSPS) is 10.9. The van der Waals surface area contributed by atoms with Crippen LogP contribution in [0.2, 0.25) is 0 Å². The Morgan fingerprint density at radius 1 is 1.53 bits per heavy atom. The molecule has 0 saturated heterocycles. The fraction of sp³-hybridized carbons (Fsp3) is 0.333. The quantitative estimate of drug-likeness (QED) is 0.618. The van der Waals surface area contributed by atoms with E-state index in [4.69, 9.17) is 0 Å². The van der Waals surface area contributed by atoms with E-state index in [1.54, 1.807) is 0 Å². The van der Waals surface area contributed by atoms with Gasteiger partial charge in [-0.2, -0.15) is 4.39 Å². The summed E-state index contributed by atoms with van der Waals surface area (Å²) in [5.74, 6) is -2.01. The van der Waals surface area contributed by atoms with Crippen molar-refractivity contribution in [3.63, 3.8) is 0 Å². The van der Waals surface area contributed by atoms with E-state index in [0.717, 1.165) is 13.2 Å². The molecule has 0 atom stereocenters. The molecular formula is C9H11FN2O4S. The minimum Gasteiger partial charge on any atom is -0.469 e. The minimum absolute atomic E-state index is 0.130. The first kappa shape index (κ1) is 13.4. The standard InChI is InChI=1S/C9H11FN2O4S/c1-16-9(13)5-6-17(14,15)12-8-4-2-3-7(10)11-8/h2-4H,5-6H2,1H3,(H,11,12). The Bertz CT molecular complexity index is 503. The summed E-state index contributed by atoms with van der Waals surface area (Å²) in [7, 11) is -2.57. The maximum Gasteiger partial charge on any atom is 0.306 e. The molecule has 1 heterocycles. The highest BCUT2D eigenvalue weighted by Gasteiger charge is 2.14. The Kier molecular flexibility index (Phi) is 4.38. The van der Waals surface area contributed by atoms with Crippen LogP contribution in [-0.2, 0) is 19.6 Å². The van der Waals surface area contributed by atoms with Gasteiger partial charge >= 0.3 is 5.97 Å². The molecular weight excluding hydrogens is 251 g/mol. The lowest BCUT2D eigenvalue weighted by molar-refractivity contribution is -0.140. The summed E-state index contributed by atoms with van der Waals surface area (Å²) in [6.45, 7) is 0. The van der Waals surface area contributed by atoms with Gasteiger partial charge in [0, 0.05) is 0 Å². The third kappa shape index (κ3) is 4.77. The number of ether oxygens (including phenoxy) is 1. The average molecular weight is 262 g/mol. The Morgan fingerprint density at radius 3 is 2.82 bits per heavy atom. The molecule has 0 radical (unpaired) electrons. The number of rotatable bonds is 5. The summed E-state index contributed by atoms with van der Waals surface area (Å²) in [5, 5.41) is 0. The third-order valence-electron chi connectivity index (χ3n) is 1.78. The van der Waals surface area contributed by atoms with Crippen molar-refractivity contribution in [2.45, 2.75) is 6.42 Å². The predicted octanol–water partition coefficient (Wildman–Crippen LogP) is 0.525. The van der Waals surface area contributed by atoms with Crippen molar-refractivity contribution in [2.24, 2.45) is 0 Å². The van der Waals surface area contributed by atoms with E-state index in [2.05, 4.69) is 14.4 Å². The van der Waals surface area contributed by atoms with Crippen LogP contribution in [0.1, 0.15) is 6.42 Å². The van der Waals surface area contributed by atoms with E-state index >= 15 is 0 Å². The molecule has 0 amide bonds. The fourth-order valence-corrected chi connectivity index (χ4v) is 1.97. The van der Waals surface area contributed by atoms with Crippen LogP contribution in [0.4, 0.5) is 10.2 Å². The second kappa shape index (κ2) is 5.58. The lowest BCUT2D eigenvalue weighted by Gasteiger charge is -2.06. The van der Waals surface area contributed by atoms with Crippen LogP contribution in [0.25, 0.3) is 0 Å². The molecule has 0 aromatic carbocycles. The van der Waals surface area contributed by atoms with Crippen molar-refractivity contribution in [2.75, 3.05) is 17.6 Å². The van der Waals surface area contributed by atoms with Crippen LogP contribution in [-0.4, -0.2) is 32.2 Å². The van der Waals surface area contributed by atoms with Gasteiger partial charge in [0.1, 0.15) is 5.82 Å². The number of nitrogens with zero attached hydrogens (tertiary/aromatic N) is 1. The van der Waals surface area contributed by atoms with Gasteiger partial charge in [-0.3, -0.25) is 9.52 Å². The van der Waals surface area contributed by atoms with Crippen molar-refractivity contribution in [3.8, 4) is 0 Å². The number of carbonyl (C=O) groups excluding carboxylic acids is 1. The summed E-state index contributed by atoms with van der Waals surface area (Å²) < 4.78 is 42.0. The molecule has 1 rings (SSSR count). The monoisotopic (exact) mass is 262 g/mol. The maximum absolute atomic E-state index is 12.7. The molecule has 0 aliphatic rings. The Balaban J connectivity index is 2.64. The van der Waals surface area contributed by atoms with Gasteiger partial charge < -0.3 is 4.74 Å². The van der Waals surface area contributed by atoms with Gasteiger partial charge in [-0.05, 0) is 12.1 Å². The molecule has 0 saturated carbocycles. The number of hydrogen-bond acceptors (Lipinski definition) is 5. The van der Waals surface area contributed by atoms with E-state index in [0.29, 0.717) is 0 Å². The number of carbonyl (C=O) groups is 1. The number of halogens is 1. The van der Waals surface area contributed by atoms with Gasteiger partial charge in [-0.15, -0.1) is 0 Å². The highest BCUT2D eigenvalue weighted by molar-refractivity contribution is 7.92. The molecule has 94 valence electrons. The SMILES string of the molecule is COC(=O)CCS(=O)(=O)Nc1cccc(F)n1. The summed E-state index contributed by atoms with van der Waals surface area (Å²) in [6, 6.07) is 3.71. The first-order valence-electron chi connectivity index (χ1n) is 4.63. The van der Waals surface area contributed by atoms with Crippen molar-refractivity contribution >= 4 is 21.8 Å². The lowest BCUT2D eigenvalue weighted by Crippen LogP contribution is -2.20. The molecule has 0 spiro atoms. The number of methoxy groups -OCH3 is 1. The van der Waals surface area contributed by atoms with E-state index in [1.807, 2.05) is 0 Å². The largest absolute Gasteiger partial charge is 0.469 e. The van der Waals surface area contributed by atoms with Gasteiger partial charge in [0.05, 0.1) is 19.3 Å². The highest BCUT2D eigenvalue weighted by Crippen LogP contribution is 2.07. The van der Waals surface area contributed by atoms with Crippen molar-refractivity contribution in [1.82, 2.24) is 4.98 Å². The van der Waals surface area contributed by atoms with E-state index < -0.39 is 27.7 Å². The number of esters is 1. The molecule has 0 fully saturated rings. The third-order valence-corrected chi connectivity index (χ3v) is 3.04. The van der Waals surface area contributed by atoms with Crippen LogP contribution in [0.15, 0.2) is 18.2 Å². The van der Waals surface area contributed by atoms with Gasteiger partial charge in [-0.25, -0.2) is 13.4 Å². The van der Waals surface area contributed by atoms with Gasteiger partial charge in [0.2, 0.25) is 16.0 Å². The molecule has 0 bridgehead atoms. The number of sulfonamides is 1. The summed E-state index contributed by atoms with van der Waals surface area (Å²) in [5.41, 5.74) is 0. The second-order valence-electron chi connectivity index (χ2n) is 3.09. The fourth-order valence-electron chi connectivity index (χ4n) is 0.995. The molecule has 0 unspecified atom stereocenters. The number of pyridine rings is 1. The molecule has 0 aliphatic carbocycles. The van der Waals surface area contributed by atoms with Crippen LogP contribution >= 0.6 is 0 Å². The molecule has 1 N–H and O–H groups in total. The first-order valence-corrected chi connectivity index (χ1v) is 6.28. The Morgan fingerprint density at radius 2 is 2.24 bits per heavy atom. The van der Waals surface area contributed by atoms with Crippen molar-refractivity contribution in [1.29, 1.82) is 0 Å². The van der Waals surface area contributed by atoms with Crippen LogP contribution in [0.3, 0.4) is 0 Å². The summed E-state index contributed by atoms with van der Waals surface area (Å²) in [4.78, 5) is 14.1. The molecule has 6 nitrogen and oxygen atoms in total. The van der Waals surface area contributed by atoms with Crippen molar-refractivity contribution < 1.29 is 22.3 Å². The Hall–Kier alpha value is -1.70. The van der Waals surface area contributed by atoms with E-state index in [-0.39, 0.29) is 12.2 Å². The van der Waals surface area contributed by atoms with Crippen LogP contribution in [0, 0.1) is 5.95 Å². The average Bonchev–Trinajstić information content (AvgIpc) is 2.25. The maximum atomic E-state index is 12.7. The summed E-state index contributed by atoms with van der Waals surface area (Å²) >= 11 is 0. The van der Waals surface area contributed by atoms with Gasteiger partial charge in [0.15, 0.2) is 0 Å². The van der Waals surface area contributed by atoms with Crippen LogP contribution in [0.5, 0.6) is 0 Å². The molecule has 1 aromatic rings. The number of nitrogens with one attached hydrogen (secondary N) is 1. The van der Waals surface area contributed by atoms with Gasteiger partial charge in [0.25, 0.3) is 0 Å². The number of aromatic nitrogens is 1. The molecule has 0 aliphatic heterocycles. The smallest absolute Gasteiger partial charge is 0.306 e. The zero-order valence-corrected chi connectivity index (χ0v) is 9.83. The minimum atomic E-state index is -3.74. The summed E-state index contributed by atoms with van der Waals surface area (Å²) in [6.07, 6.45) is -0.277. The van der Waals surface area contributed by atoms with E-state index in [1.165, 1.54) is 12.1 Å².